The van der Waals surface area contributed by atoms with Crippen LogP contribution >= 0.6 is 0 Å². The van der Waals surface area contributed by atoms with Crippen molar-refractivity contribution in [3.8, 4) is 0 Å². The molecule has 16 heavy (non-hydrogen) atoms. The highest BCUT2D eigenvalue weighted by molar-refractivity contribution is 5.77. The Hall–Kier alpha value is -1.30. The van der Waals surface area contributed by atoms with Gasteiger partial charge in [-0.05, 0) is 19.8 Å². The van der Waals surface area contributed by atoms with Crippen LogP contribution < -0.4 is 11.5 Å². The molecule has 0 fully saturated rings. The van der Waals surface area contributed by atoms with Crippen molar-refractivity contribution >= 4 is 11.9 Å². The van der Waals surface area contributed by atoms with Crippen molar-refractivity contribution in [1.29, 1.82) is 0 Å². The lowest BCUT2D eigenvalue weighted by molar-refractivity contribution is -0.144. The molecule has 1 atom stereocenters. The van der Waals surface area contributed by atoms with Gasteiger partial charge in [-0.15, -0.1) is 0 Å². The van der Waals surface area contributed by atoms with Gasteiger partial charge in [0.15, 0.2) is 5.96 Å². The topological polar surface area (TPSA) is 93.9 Å². The van der Waals surface area contributed by atoms with Crippen molar-refractivity contribution in [3.05, 3.63) is 0 Å². The summed E-state index contributed by atoms with van der Waals surface area (Å²) in [5.41, 5.74) is 11.2. The maximum atomic E-state index is 11.2. The lowest BCUT2D eigenvalue weighted by atomic mass is 10.2. The van der Waals surface area contributed by atoms with Crippen LogP contribution in [0.15, 0.2) is 4.99 Å². The maximum Gasteiger partial charge on any atom is 0.322 e. The van der Waals surface area contributed by atoms with E-state index in [9.17, 15) is 4.79 Å². The van der Waals surface area contributed by atoms with Gasteiger partial charge in [0, 0.05) is 20.6 Å². The molecule has 6 heteroatoms. The van der Waals surface area contributed by atoms with Gasteiger partial charge in [-0.1, -0.05) is 0 Å². The molecule has 0 saturated carbocycles. The molecule has 0 spiro atoms. The summed E-state index contributed by atoms with van der Waals surface area (Å²) in [7, 11) is 3.65. The van der Waals surface area contributed by atoms with Crippen LogP contribution in [0.3, 0.4) is 0 Å². The van der Waals surface area contributed by atoms with E-state index in [4.69, 9.17) is 16.2 Å². The summed E-state index contributed by atoms with van der Waals surface area (Å²) in [4.78, 5) is 17.0. The van der Waals surface area contributed by atoms with E-state index in [1.54, 1.807) is 11.8 Å². The van der Waals surface area contributed by atoms with Crippen molar-refractivity contribution in [1.82, 2.24) is 4.90 Å². The second-order valence-electron chi connectivity index (χ2n) is 3.64. The van der Waals surface area contributed by atoms with E-state index in [0.717, 1.165) is 0 Å². The highest BCUT2D eigenvalue weighted by Crippen LogP contribution is 1.97. The average Bonchev–Trinajstić information content (AvgIpc) is 2.23. The van der Waals surface area contributed by atoms with Crippen LogP contribution in [0.5, 0.6) is 0 Å². The number of carbonyl (C=O) groups is 1. The normalized spacial score (nSPS) is 13.4. The Morgan fingerprint density at radius 3 is 2.62 bits per heavy atom. The Balaban J connectivity index is 3.74. The van der Waals surface area contributed by atoms with Crippen LogP contribution in [0.4, 0.5) is 0 Å². The van der Waals surface area contributed by atoms with Crippen molar-refractivity contribution in [3.63, 3.8) is 0 Å². The van der Waals surface area contributed by atoms with Crippen LogP contribution in [0.2, 0.25) is 0 Å². The zero-order valence-corrected chi connectivity index (χ0v) is 10.3. The molecule has 4 N–H and O–H groups in total. The number of carbonyl (C=O) groups excluding carboxylic acids is 1. The molecule has 0 aromatic rings. The zero-order chi connectivity index (χ0) is 12.6. The van der Waals surface area contributed by atoms with Gasteiger partial charge in [-0.2, -0.15) is 0 Å². The SMILES string of the molecule is CCOC(=O)C(N)CCCN=C(N)N(C)C. The predicted octanol–water partition coefficient (Wildman–Crippen LogP) is -0.467. The van der Waals surface area contributed by atoms with E-state index < -0.39 is 6.04 Å². The van der Waals surface area contributed by atoms with Crippen molar-refractivity contribution < 1.29 is 9.53 Å². The minimum absolute atomic E-state index is 0.355. The van der Waals surface area contributed by atoms with Gasteiger partial charge in [0.25, 0.3) is 0 Å². The molecule has 0 aromatic heterocycles. The second-order valence-corrected chi connectivity index (χ2v) is 3.64. The Bertz CT molecular complexity index is 241. The lowest BCUT2D eigenvalue weighted by Crippen LogP contribution is -2.33. The summed E-state index contributed by atoms with van der Waals surface area (Å²) < 4.78 is 4.79. The van der Waals surface area contributed by atoms with E-state index in [0.29, 0.717) is 32.0 Å². The Kier molecular flexibility index (Phi) is 7.28. The van der Waals surface area contributed by atoms with Gasteiger partial charge in [-0.25, -0.2) is 0 Å². The first-order chi connectivity index (χ1) is 7.49. The first-order valence-corrected chi connectivity index (χ1v) is 5.38. The standard InChI is InChI=1S/C10H22N4O2/c1-4-16-9(15)8(11)6-5-7-13-10(12)14(2)3/h8H,4-7,11H2,1-3H3,(H2,12,13). The number of guanidine groups is 1. The van der Waals surface area contributed by atoms with Crippen LogP contribution in [0.1, 0.15) is 19.8 Å². The summed E-state index contributed by atoms with van der Waals surface area (Å²) in [6.45, 7) is 2.68. The van der Waals surface area contributed by atoms with E-state index in [2.05, 4.69) is 4.99 Å². The molecule has 6 nitrogen and oxygen atoms in total. The monoisotopic (exact) mass is 230 g/mol. The fourth-order valence-electron chi connectivity index (χ4n) is 1.01. The van der Waals surface area contributed by atoms with Crippen LogP contribution in [0.25, 0.3) is 0 Å². The molecule has 0 aliphatic rings. The molecule has 0 aromatic carbocycles. The molecule has 94 valence electrons. The predicted molar refractivity (Wildman–Crippen MR) is 64.0 cm³/mol. The molecule has 0 heterocycles. The smallest absolute Gasteiger partial charge is 0.322 e. The minimum Gasteiger partial charge on any atom is -0.465 e. The summed E-state index contributed by atoms with van der Waals surface area (Å²) >= 11 is 0. The van der Waals surface area contributed by atoms with E-state index in [1.807, 2.05) is 14.1 Å². The Morgan fingerprint density at radius 1 is 1.50 bits per heavy atom. The number of aliphatic imine (C=N–C) groups is 1. The number of nitrogens with two attached hydrogens (primary N) is 2. The van der Waals surface area contributed by atoms with Gasteiger partial charge in [-0.3, -0.25) is 9.79 Å². The van der Waals surface area contributed by atoms with Crippen molar-refractivity contribution in [2.24, 2.45) is 16.5 Å². The van der Waals surface area contributed by atoms with Crippen LogP contribution in [-0.2, 0) is 9.53 Å². The number of hydrogen-bond acceptors (Lipinski definition) is 4. The highest BCUT2D eigenvalue weighted by atomic mass is 16.5. The van der Waals surface area contributed by atoms with Crippen molar-refractivity contribution in [2.45, 2.75) is 25.8 Å². The Labute approximate surface area is 96.6 Å². The minimum atomic E-state index is -0.560. The first kappa shape index (κ1) is 14.7. The number of hydrogen-bond donors (Lipinski definition) is 2. The number of rotatable bonds is 6. The van der Waals surface area contributed by atoms with E-state index in [1.165, 1.54) is 0 Å². The molecule has 0 rings (SSSR count). The lowest BCUT2D eigenvalue weighted by Gasteiger charge is -2.11. The second kappa shape index (κ2) is 7.92. The molecule has 1 unspecified atom stereocenters. The molecular weight excluding hydrogens is 208 g/mol. The van der Waals surface area contributed by atoms with Crippen molar-refractivity contribution in [2.75, 3.05) is 27.2 Å². The Morgan fingerprint density at radius 2 is 2.12 bits per heavy atom. The molecule has 0 bridgehead atoms. The quantitative estimate of drug-likeness (QED) is 0.278. The van der Waals surface area contributed by atoms with Crippen LogP contribution in [0, 0.1) is 0 Å². The third-order valence-electron chi connectivity index (χ3n) is 1.99. The number of nitrogens with zero attached hydrogens (tertiary/aromatic N) is 2. The fraction of sp³-hybridized carbons (Fsp3) is 0.800. The summed E-state index contributed by atoms with van der Waals surface area (Å²) in [5.74, 6) is 0.122. The molecule has 0 aliphatic heterocycles. The van der Waals surface area contributed by atoms with Gasteiger partial charge in [0.05, 0.1) is 6.61 Å². The molecule has 0 amide bonds. The molecule has 0 saturated heterocycles. The summed E-state index contributed by atoms with van der Waals surface area (Å²) in [6.07, 6.45) is 1.28. The van der Waals surface area contributed by atoms with Gasteiger partial charge in [0.2, 0.25) is 0 Å². The first-order valence-electron chi connectivity index (χ1n) is 5.38. The van der Waals surface area contributed by atoms with Crippen LogP contribution in [-0.4, -0.2) is 50.1 Å². The molecule has 0 aliphatic carbocycles. The molecule has 0 radical (unpaired) electrons. The fourth-order valence-corrected chi connectivity index (χ4v) is 1.01. The number of esters is 1. The third kappa shape index (κ3) is 6.23. The van der Waals surface area contributed by atoms with Gasteiger partial charge < -0.3 is 21.1 Å². The highest BCUT2D eigenvalue weighted by Gasteiger charge is 2.13. The summed E-state index contributed by atoms with van der Waals surface area (Å²) in [6, 6.07) is -0.560. The summed E-state index contributed by atoms with van der Waals surface area (Å²) in [5, 5.41) is 0. The van der Waals surface area contributed by atoms with E-state index in [-0.39, 0.29) is 5.97 Å². The average molecular weight is 230 g/mol. The maximum absolute atomic E-state index is 11.2. The molecular formula is C10H22N4O2. The van der Waals surface area contributed by atoms with E-state index >= 15 is 0 Å². The zero-order valence-electron chi connectivity index (χ0n) is 10.3. The van der Waals surface area contributed by atoms with Gasteiger partial charge >= 0.3 is 5.97 Å². The number of ether oxygens (including phenoxy) is 1. The third-order valence-corrected chi connectivity index (χ3v) is 1.99. The van der Waals surface area contributed by atoms with Gasteiger partial charge in [0.1, 0.15) is 6.04 Å². The largest absolute Gasteiger partial charge is 0.465 e.